The van der Waals surface area contributed by atoms with Crippen LogP contribution in [0.15, 0.2) is 29.1 Å². The van der Waals surface area contributed by atoms with Crippen LogP contribution in [0.5, 0.6) is 0 Å². The molecule has 2 aliphatic rings. The lowest BCUT2D eigenvalue weighted by Crippen LogP contribution is -1.65. The zero-order chi connectivity index (χ0) is 8.55. The first-order valence-corrected chi connectivity index (χ1v) is 6.92. The highest BCUT2D eigenvalue weighted by Gasteiger charge is 2.18. The van der Waals surface area contributed by atoms with E-state index in [-0.39, 0.29) is 0 Å². The summed E-state index contributed by atoms with van der Waals surface area (Å²) < 4.78 is 2.91. The van der Waals surface area contributed by atoms with Gasteiger partial charge in [0.15, 0.2) is 0 Å². The van der Waals surface area contributed by atoms with Gasteiger partial charge in [0.1, 0.15) is 0 Å². The largest absolute Gasteiger partial charge is 0.0881 e. The first-order chi connectivity index (χ1) is 5.75. The van der Waals surface area contributed by atoms with Crippen molar-refractivity contribution in [1.29, 1.82) is 0 Å². The van der Waals surface area contributed by atoms with Gasteiger partial charge in [-0.2, -0.15) is 0 Å². The van der Waals surface area contributed by atoms with Crippen LogP contribution >= 0.6 is 47.0 Å². The van der Waals surface area contributed by atoms with Crippen LogP contribution in [-0.2, 0) is 0 Å². The molecule has 0 unspecified atom stereocenters. The second kappa shape index (κ2) is 3.78. The summed E-state index contributed by atoms with van der Waals surface area (Å²) in [6.45, 7) is 4.32. The van der Waals surface area contributed by atoms with E-state index in [0.717, 1.165) is 0 Å². The first kappa shape index (κ1) is 9.19. The summed E-state index contributed by atoms with van der Waals surface area (Å²) in [4.78, 5) is 2.82. The average molecular weight is 232 g/mol. The van der Waals surface area contributed by atoms with Gasteiger partial charge in [0.2, 0.25) is 0 Å². The van der Waals surface area contributed by atoms with E-state index < -0.39 is 0 Å². The Hall–Kier alpha value is 0.620. The third-order valence-electron chi connectivity index (χ3n) is 1.34. The molecule has 0 saturated carbocycles. The molecular weight excluding hydrogens is 224 g/mol. The molecule has 0 bridgehead atoms. The van der Waals surface area contributed by atoms with Crippen molar-refractivity contribution in [2.45, 2.75) is 13.8 Å². The average Bonchev–Trinajstić information content (AvgIpc) is 2.58. The van der Waals surface area contributed by atoms with E-state index in [2.05, 4.69) is 24.7 Å². The van der Waals surface area contributed by atoms with Crippen LogP contribution in [0.3, 0.4) is 0 Å². The third-order valence-corrected chi connectivity index (χ3v) is 6.67. The number of allylic oxidation sites excluding steroid dienone is 2. The van der Waals surface area contributed by atoms with Gasteiger partial charge in [-0.3, -0.25) is 0 Å². The van der Waals surface area contributed by atoms with Crippen molar-refractivity contribution >= 4 is 47.0 Å². The lowest BCUT2D eigenvalue weighted by Gasteiger charge is -1.99. The molecule has 0 aliphatic carbocycles. The fourth-order valence-electron chi connectivity index (χ4n) is 0.841. The summed E-state index contributed by atoms with van der Waals surface area (Å²) in [5, 5.41) is 4.45. The maximum atomic E-state index is 2.22. The highest BCUT2D eigenvalue weighted by molar-refractivity contribution is 8.33. The van der Waals surface area contributed by atoms with Gasteiger partial charge in [0.25, 0.3) is 0 Å². The summed E-state index contributed by atoms with van der Waals surface area (Å²) in [6, 6.07) is 0. The summed E-state index contributed by atoms with van der Waals surface area (Å²) >= 11 is 7.50. The second-order valence-corrected chi connectivity index (χ2v) is 7.26. The highest BCUT2D eigenvalue weighted by atomic mass is 32.2. The van der Waals surface area contributed by atoms with Gasteiger partial charge >= 0.3 is 0 Å². The van der Waals surface area contributed by atoms with E-state index in [4.69, 9.17) is 0 Å². The maximum Gasteiger partial charge on any atom is 0.0697 e. The maximum absolute atomic E-state index is 2.22. The lowest BCUT2D eigenvalue weighted by molar-refractivity contribution is 1.73. The van der Waals surface area contributed by atoms with E-state index in [1.165, 1.54) is 18.3 Å². The van der Waals surface area contributed by atoms with Crippen LogP contribution in [0.2, 0.25) is 0 Å². The Morgan fingerprint density at radius 2 is 1.25 bits per heavy atom. The SMILES string of the molecule is CC1=CS/C(=C2\SC=C(C)S2)S1. The normalized spacial score (nSPS) is 29.2. The standard InChI is InChI=1S/C8H8S4/c1-5-3-9-7(11-5)8-10-4-6(2)12-8/h3-4H,1-2H3/b8-7-. The van der Waals surface area contributed by atoms with Crippen molar-refractivity contribution in [3.05, 3.63) is 29.1 Å². The van der Waals surface area contributed by atoms with Crippen LogP contribution in [0.1, 0.15) is 13.8 Å². The number of thioether (sulfide) groups is 4. The van der Waals surface area contributed by atoms with Crippen molar-refractivity contribution in [2.24, 2.45) is 0 Å². The van der Waals surface area contributed by atoms with Crippen molar-refractivity contribution in [1.82, 2.24) is 0 Å². The Morgan fingerprint density at radius 1 is 0.833 bits per heavy atom. The Labute approximate surface area is 89.7 Å². The van der Waals surface area contributed by atoms with E-state index in [0.29, 0.717) is 0 Å². The van der Waals surface area contributed by atoms with Gasteiger partial charge in [0, 0.05) is 0 Å². The zero-order valence-corrected chi connectivity index (χ0v) is 10.1. The van der Waals surface area contributed by atoms with Gasteiger partial charge in [-0.15, -0.1) is 0 Å². The predicted molar refractivity (Wildman–Crippen MR) is 64.9 cm³/mol. The van der Waals surface area contributed by atoms with Crippen LogP contribution in [0, 0.1) is 0 Å². The number of rotatable bonds is 0. The molecule has 0 N–H and O–H groups in total. The molecule has 0 aromatic rings. The minimum absolute atomic E-state index is 1.41. The van der Waals surface area contributed by atoms with Crippen molar-refractivity contribution < 1.29 is 0 Å². The van der Waals surface area contributed by atoms with Crippen LogP contribution in [0.25, 0.3) is 0 Å². The van der Waals surface area contributed by atoms with Crippen LogP contribution < -0.4 is 0 Å². The summed E-state index contributed by atoms with van der Waals surface area (Å²) in [6.07, 6.45) is 0. The second-order valence-electron chi connectivity index (χ2n) is 2.47. The Bertz CT molecular complexity index is 268. The molecule has 0 aromatic carbocycles. The molecule has 2 aliphatic heterocycles. The topological polar surface area (TPSA) is 0 Å². The molecule has 12 heavy (non-hydrogen) atoms. The summed E-state index contributed by atoms with van der Waals surface area (Å²) in [7, 11) is 0. The molecule has 0 nitrogen and oxygen atoms in total. The summed E-state index contributed by atoms with van der Waals surface area (Å²) in [5.74, 6) is 0. The minimum atomic E-state index is 1.41. The molecular formula is C8H8S4. The zero-order valence-electron chi connectivity index (χ0n) is 6.79. The van der Waals surface area contributed by atoms with E-state index in [9.17, 15) is 0 Å². The fraction of sp³-hybridized carbons (Fsp3) is 0.250. The van der Waals surface area contributed by atoms with Crippen molar-refractivity contribution in [3.63, 3.8) is 0 Å². The third kappa shape index (κ3) is 1.92. The molecule has 2 rings (SSSR count). The van der Waals surface area contributed by atoms with E-state index in [1.807, 2.05) is 47.0 Å². The van der Waals surface area contributed by atoms with Crippen molar-refractivity contribution in [2.75, 3.05) is 0 Å². The molecule has 0 amide bonds. The predicted octanol–water partition coefficient (Wildman–Crippen LogP) is 4.80. The molecule has 0 radical (unpaired) electrons. The molecule has 0 atom stereocenters. The quantitative estimate of drug-likeness (QED) is 0.588. The van der Waals surface area contributed by atoms with Crippen molar-refractivity contribution in [3.8, 4) is 0 Å². The smallest absolute Gasteiger partial charge is 0.0697 e. The van der Waals surface area contributed by atoms with Gasteiger partial charge < -0.3 is 0 Å². The highest BCUT2D eigenvalue weighted by Crippen LogP contribution is 2.54. The first-order valence-electron chi connectivity index (χ1n) is 3.52. The molecule has 0 fully saturated rings. The number of hydrogen-bond donors (Lipinski definition) is 0. The summed E-state index contributed by atoms with van der Waals surface area (Å²) in [5.41, 5.74) is 0. The Morgan fingerprint density at radius 3 is 1.50 bits per heavy atom. The van der Waals surface area contributed by atoms with Crippen LogP contribution in [-0.4, -0.2) is 0 Å². The molecule has 0 saturated heterocycles. The monoisotopic (exact) mass is 232 g/mol. The molecule has 0 spiro atoms. The van der Waals surface area contributed by atoms with Gasteiger partial charge in [-0.25, -0.2) is 0 Å². The Kier molecular flexibility index (Phi) is 2.89. The fourth-order valence-corrected chi connectivity index (χ4v) is 5.54. The van der Waals surface area contributed by atoms with E-state index in [1.54, 1.807) is 0 Å². The molecule has 2 heterocycles. The van der Waals surface area contributed by atoms with Gasteiger partial charge in [-0.1, -0.05) is 47.0 Å². The van der Waals surface area contributed by atoms with E-state index >= 15 is 0 Å². The molecule has 4 heteroatoms. The molecule has 64 valence electrons. The number of hydrogen-bond acceptors (Lipinski definition) is 4. The lowest BCUT2D eigenvalue weighted by atomic mass is 10.8. The Balaban J connectivity index is 2.11. The minimum Gasteiger partial charge on any atom is -0.0881 e. The van der Waals surface area contributed by atoms with Gasteiger partial charge in [-0.05, 0) is 34.5 Å². The van der Waals surface area contributed by atoms with Crippen LogP contribution in [0.4, 0.5) is 0 Å². The molecule has 0 aromatic heterocycles. The van der Waals surface area contributed by atoms with Gasteiger partial charge in [0.05, 0.1) is 8.47 Å².